The number of para-hydroxylation sites is 1. The Labute approximate surface area is 133 Å². The van der Waals surface area contributed by atoms with Crippen molar-refractivity contribution in [3.05, 3.63) is 29.8 Å². The Bertz CT molecular complexity index is 503. The van der Waals surface area contributed by atoms with Crippen molar-refractivity contribution < 1.29 is 9.47 Å². The lowest BCUT2D eigenvalue weighted by atomic mass is 9.86. The SMILES string of the molecule is CC(C)(C)c1ccccc1OCCN=C(N)N1CCOCC1. The highest BCUT2D eigenvalue weighted by Gasteiger charge is 2.18. The third-order valence-electron chi connectivity index (χ3n) is 3.65. The van der Waals surface area contributed by atoms with Gasteiger partial charge in [-0.3, -0.25) is 0 Å². The van der Waals surface area contributed by atoms with E-state index in [1.54, 1.807) is 0 Å². The number of aliphatic imine (C=N–C) groups is 1. The van der Waals surface area contributed by atoms with Gasteiger partial charge in [-0.05, 0) is 17.0 Å². The van der Waals surface area contributed by atoms with Crippen LogP contribution in [0.4, 0.5) is 0 Å². The van der Waals surface area contributed by atoms with E-state index >= 15 is 0 Å². The normalized spacial score (nSPS) is 16.7. The van der Waals surface area contributed by atoms with Crippen LogP contribution in [0.5, 0.6) is 5.75 Å². The van der Waals surface area contributed by atoms with Crippen LogP contribution in [0.15, 0.2) is 29.3 Å². The van der Waals surface area contributed by atoms with E-state index in [0.29, 0.717) is 32.3 Å². The molecule has 1 aromatic carbocycles. The van der Waals surface area contributed by atoms with Crippen molar-refractivity contribution in [3.8, 4) is 5.75 Å². The maximum absolute atomic E-state index is 5.99. The average molecular weight is 305 g/mol. The summed E-state index contributed by atoms with van der Waals surface area (Å²) in [5, 5.41) is 0. The lowest BCUT2D eigenvalue weighted by molar-refractivity contribution is 0.0674. The smallest absolute Gasteiger partial charge is 0.191 e. The summed E-state index contributed by atoms with van der Waals surface area (Å²) < 4.78 is 11.2. The molecule has 0 saturated carbocycles. The highest BCUT2D eigenvalue weighted by atomic mass is 16.5. The van der Waals surface area contributed by atoms with Crippen LogP contribution in [-0.4, -0.2) is 50.3 Å². The Morgan fingerprint density at radius 1 is 1.27 bits per heavy atom. The number of nitrogens with zero attached hydrogens (tertiary/aromatic N) is 2. The molecule has 0 amide bonds. The van der Waals surface area contributed by atoms with Gasteiger partial charge in [-0.15, -0.1) is 0 Å². The fraction of sp³-hybridized carbons (Fsp3) is 0.588. The molecule has 1 fully saturated rings. The van der Waals surface area contributed by atoms with Gasteiger partial charge in [-0.2, -0.15) is 0 Å². The lowest BCUT2D eigenvalue weighted by Crippen LogP contribution is -2.45. The van der Waals surface area contributed by atoms with E-state index in [0.717, 1.165) is 18.8 Å². The number of rotatable bonds is 4. The van der Waals surface area contributed by atoms with E-state index in [9.17, 15) is 0 Å². The van der Waals surface area contributed by atoms with Crippen molar-refractivity contribution in [1.82, 2.24) is 4.90 Å². The summed E-state index contributed by atoms with van der Waals surface area (Å²) in [6.07, 6.45) is 0. The summed E-state index contributed by atoms with van der Waals surface area (Å²) in [5.41, 5.74) is 7.26. The highest BCUT2D eigenvalue weighted by Crippen LogP contribution is 2.30. The highest BCUT2D eigenvalue weighted by molar-refractivity contribution is 5.78. The van der Waals surface area contributed by atoms with Crippen molar-refractivity contribution in [2.75, 3.05) is 39.5 Å². The third-order valence-corrected chi connectivity index (χ3v) is 3.65. The monoisotopic (exact) mass is 305 g/mol. The Kier molecular flexibility index (Phi) is 5.66. The molecule has 1 aliphatic heterocycles. The van der Waals surface area contributed by atoms with Gasteiger partial charge in [0.2, 0.25) is 0 Å². The van der Waals surface area contributed by atoms with Gasteiger partial charge in [0.15, 0.2) is 5.96 Å². The molecule has 0 aromatic heterocycles. The molecule has 0 aliphatic carbocycles. The first-order valence-corrected chi connectivity index (χ1v) is 7.83. The third kappa shape index (κ3) is 4.63. The molecule has 122 valence electrons. The van der Waals surface area contributed by atoms with Gasteiger partial charge >= 0.3 is 0 Å². The number of ether oxygens (including phenoxy) is 2. The maximum Gasteiger partial charge on any atom is 0.191 e. The average Bonchev–Trinajstić information content (AvgIpc) is 2.51. The molecule has 0 radical (unpaired) electrons. The molecule has 22 heavy (non-hydrogen) atoms. The molecular weight excluding hydrogens is 278 g/mol. The van der Waals surface area contributed by atoms with E-state index in [2.05, 4.69) is 31.8 Å². The lowest BCUT2D eigenvalue weighted by Gasteiger charge is -2.27. The molecule has 2 N–H and O–H groups in total. The molecule has 1 aliphatic rings. The van der Waals surface area contributed by atoms with Crippen molar-refractivity contribution in [2.45, 2.75) is 26.2 Å². The standard InChI is InChI=1S/C17H27N3O2/c1-17(2,3)14-6-4-5-7-15(14)22-11-8-19-16(18)20-9-12-21-13-10-20/h4-7H,8-13H2,1-3H3,(H2,18,19). The Morgan fingerprint density at radius 2 is 1.95 bits per heavy atom. The summed E-state index contributed by atoms with van der Waals surface area (Å²) in [6.45, 7) is 10.7. The first-order chi connectivity index (χ1) is 10.5. The van der Waals surface area contributed by atoms with E-state index in [-0.39, 0.29) is 5.41 Å². The second-order valence-corrected chi connectivity index (χ2v) is 6.43. The van der Waals surface area contributed by atoms with Crippen LogP contribution in [0, 0.1) is 0 Å². The largest absolute Gasteiger partial charge is 0.491 e. The molecule has 5 nitrogen and oxygen atoms in total. The van der Waals surface area contributed by atoms with Gasteiger partial charge in [0.05, 0.1) is 19.8 Å². The summed E-state index contributed by atoms with van der Waals surface area (Å²) in [4.78, 5) is 6.44. The first kappa shape index (κ1) is 16.6. The summed E-state index contributed by atoms with van der Waals surface area (Å²) in [7, 11) is 0. The quantitative estimate of drug-likeness (QED) is 0.525. The molecule has 1 aromatic rings. The van der Waals surface area contributed by atoms with Crippen molar-refractivity contribution >= 4 is 5.96 Å². The van der Waals surface area contributed by atoms with Crippen LogP contribution < -0.4 is 10.5 Å². The topological polar surface area (TPSA) is 60.1 Å². The predicted octanol–water partition coefficient (Wildman–Crippen LogP) is 2.01. The number of guanidine groups is 1. The molecule has 0 bridgehead atoms. The zero-order valence-electron chi connectivity index (χ0n) is 13.8. The maximum atomic E-state index is 5.99. The van der Waals surface area contributed by atoms with Crippen LogP contribution in [0.3, 0.4) is 0 Å². The second kappa shape index (κ2) is 7.49. The van der Waals surface area contributed by atoms with Crippen molar-refractivity contribution in [2.24, 2.45) is 10.7 Å². The predicted molar refractivity (Wildman–Crippen MR) is 89.5 cm³/mol. The Morgan fingerprint density at radius 3 is 2.64 bits per heavy atom. The van der Waals surface area contributed by atoms with Gasteiger partial charge in [0, 0.05) is 13.1 Å². The minimum absolute atomic E-state index is 0.0622. The van der Waals surface area contributed by atoms with E-state index < -0.39 is 0 Å². The summed E-state index contributed by atoms with van der Waals surface area (Å²) >= 11 is 0. The van der Waals surface area contributed by atoms with E-state index in [4.69, 9.17) is 15.2 Å². The summed E-state index contributed by atoms with van der Waals surface area (Å²) in [6, 6.07) is 8.16. The van der Waals surface area contributed by atoms with Gasteiger partial charge in [0.25, 0.3) is 0 Å². The van der Waals surface area contributed by atoms with Crippen molar-refractivity contribution in [1.29, 1.82) is 0 Å². The molecular formula is C17H27N3O2. The van der Waals surface area contributed by atoms with Gasteiger partial charge in [-0.1, -0.05) is 39.0 Å². The van der Waals surface area contributed by atoms with Gasteiger partial charge < -0.3 is 20.1 Å². The number of benzene rings is 1. The van der Waals surface area contributed by atoms with Gasteiger partial charge in [0.1, 0.15) is 12.4 Å². The molecule has 2 rings (SSSR count). The minimum atomic E-state index is 0.0622. The second-order valence-electron chi connectivity index (χ2n) is 6.43. The molecule has 0 unspecified atom stereocenters. The number of hydrogen-bond acceptors (Lipinski definition) is 3. The minimum Gasteiger partial charge on any atom is -0.491 e. The fourth-order valence-electron chi connectivity index (χ4n) is 2.42. The molecule has 5 heteroatoms. The molecule has 0 spiro atoms. The van der Waals surface area contributed by atoms with Crippen LogP contribution in [0.25, 0.3) is 0 Å². The van der Waals surface area contributed by atoms with E-state index in [1.807, 2.05) is 23.1 Å². The summed E-state index contributed by atoms with van der Waals surface area (Å²) in [5.74, 6) is 1.51. The number of nitrogens with two attached hydrogens (primary N) is 1. The van der Waals surface area contributed by atoms with Crippen molar-refractivity contribution in [3.63, 3.8) is 0 Å². The van der Waals surface area contributed by atoms with E-state index in [1.165, 1.54) is 5.56 Å². The Hall–Kier alpha value is -1.75. The zero-order valence-corrected chi connectivity index (χ0v) is 13.8. The molecule has 0 atom stereocenters. The van der Waals surface area contributed by atoms with Gasteiger partial charge in [-0.25, -0.2) is 4.99 Å². The van der Waals surface area contributed by atoms with Crippen LogP contribution in [0.2, 0.25) is 0 Å². The van der Waals surface area contributed by atoms with Crippen LogP contribution >= 0.6 is 0 Å². The first-order valence-electron chi connectivity index (χ1n) is 7.83. The zero-order chi connectivity index (χ0) is 16.0. The molecule has 1 saturated heterocycles. The van der Waals surface area contributed by atoms with Crippen LogP contribution in [-0.2, 0) is 10.2 Å². The number of hydrogen-bond donors (Lipinski definition) is 1. The van der Waals surface area contributed by atoms with Crippen LogP contribution in [0.1, 0.15) is 26.3 Å². The molecule has 1 heterocycles. The number of morpholine rings is 1. The fourth-order valence-corrected chi connectivity index (χ4v) is 2.42. The Balaban J connectivity index is 1.86.